The summed E-state index contributed by atoms with van der Waals surface area (Å²) in [6.07, 6.45) is 9.09. The Labute approximate surface area is 256 Å². The number of unbranched alkanes of at least 4 members (excludes halogenated alkanes) is 3. The topological polar surface area (TPSA) is 79.4 Å². The molecule has 0 aliphatic carbocycles. The van der Waals surface area contributed by atoms with Crippen molar-refractivity contribution in [3.8, 4) is 5.75 Å². The van der Waals surface area contributed by atoms with E-state index < -0.39 is 10.0 Å². The van der Waals surface area contributed by atoms with Crippen LogP contribution < -0.4 is 9.64 Å². The quantitative estimate of drug-likeness (QED) is 0.164. The smallest absolute Gasteiger partial charge is 0.305 e. The number of likely N-dealkylation sites (tertiary alicyclic amines) is 1. The molecule has 2 heterocycles. The highest BCUT2D eigenvalue weighted by molar-refractivity contribution is 8.00. The maximum atomic E-state index is 13.2. The number of esters is 1. The molecule has 0 radical (unpaired) electrons. The van der Waals surface area contributed by atoms with Gasteiger partial charge < -0.3 is 19.3 Å². The van der Waals surface area contributed by atoms with Gasteiger partial charge in [-0.2, -0.15) is 0 Å². The van der Waals surface area contributed by atoms with Gasteiger partial charge in [-0.3, -0.25) is 4.79 Å². The van der Waals surface area contributed by atoms with Crippen molar-refractivity contribution in [1.29, 1.82) is 0 Å². The van der Waals surface area contributed by atoms with Crippen molar-refractivity contribution in [2.45, 2.75) is 79.4 Å². The first-order chi connectivity index (χ1) is 20.2. The normalized spacial score (nSPS) is 15.9. The third-order valence-electron chi connectivity index (χ3n) is 8.26. The van der Waals surface area contributed by atoms with Gasteiger partial charge in [-0.1, -0.05) is 44.0 Å². The van der Waals surface area contributed by atoms with Crippen molar-refractivity contribution in [2.75, 3.05) is 58.9 Å². The minimum Gasteiger partial charge on any atom is -0.497 e. The number of sulfonamides is 1. The van der Waals surface area contributed by atoms with Gasteiger partial charge in [0, 0.05) is 38.0 Å². The van der Waals surface area contributed by atoms with Crippen LogP contribution in [-0.4, -0.2) is 77.6 Å². The number of hydrogen-bond acceptors (Lipinski definition) is 8. The fourth-order valence-corrected chi connectivity index (χ4v) is 8.18. The Kier molecular flexibility index (Phi) is 12.0. The molecule has 2 aromatic rings. The number of carbonyl (C=O) groups is 1. The van der Waals surface area contributed by atoms with Crippen LogP contribution in [0, 0.1) is 5.92 Å². The van der Waals surface area contributed by atoms with E-state index >= 15 is 0 Å². The van der Waals surface area contributed by atoms with Crippen LogP contribution in [0.4, 0.5) is 11.4 Å². The highest BCUT2D eigenvalue weighted by Gasteiger charge is 2.31. The number of anilines is 2. The van der Waals surface area contributed by atoms with Gasteiger partial charge in [0.15, 0.2) is 0 Å². The van der Waals surface area contributed by atoms with Crippen LogP contribution >= 0.6 is 11.8 Å². The Morgan fingerprint density at radius 2 is 1.81 bits per heavy atom. The van der Waals surface area contributed by atoms with E-state index in [1.807, 2.05) is 30.3 Å². The summed E-state index contributed by atoms with van der Waals surface area (Å²) in [6.45, 7) is 6.57. The van der Waals surface area contributed by atoms with E-state index in [4.69, 9.17) is 9.47 Å². The average Bonchev–Trinajstić information content (AvgIpc) is 2.99. The molecule has 4 rings (SSSR count). The summed E-state index contributed by atoms with van der Waals surface area (Å²) in [7, 11) is 1.22. The summed E-state index contributed by atoms with van der Waals surface area (Å²) in [5.74, 6) is 1.34. The lowest BCUT2D eigenvalue weighted by Crippen LogP contribution is -2.36. The molecule has 0 spiro atoms. The summed E-state index contributed by atoms with van der Waals surface area (Å²) in [5, 5.41) is 0. The van der Waals surface area contributed by atoms with E-state index in [1.165, 1.54) is 28.9 Å². The molecule has 2 aliphatic heterocycles. The molecular weight excluding hydrogens is 571 g/mol. The van der Waals surface area contributed by atoms with Crippen LogP contribution in [0.3, 0.4) is 0 Å². The first-order valence-electron chi connectivity index (χ1n) is 15.3. The minimum absolute atomic E-state index is 0.0492. The van der Waals surface area contributed by atoms with Gasteiger partial charge in [0.05, 0.1) is 34.9 Å². The van der Waals surface area contributed by atoms with Gasteiger partial charge >= 0.3 is 5.97 Å². The zero-order valence-electron chi connectivity index (χ0n) is 25.6. The first-order valence-corrected chi connectivity index (χ1v) is 17.6. The summed E-state index contributed by atoms with van der Waals surface area (Å²) in [5.41, 5.74) is 1.96. The van der Waals surface area contributed by atoms with Crippen molar-refractivity contribution in [3.63, 3.8) is 0 Å². The molecule has 2 aliphatic rings. The van der Waals surface area contributed by atoms with Crippen LogP contribution in [0.2, 0.25) is 0 Å². The van der Waals surface area contributed by atoms with Crippen molar-refractivity contribution < 1.29 is 22.7 Å². The fraction of sp³-hybridized carbons (Fsp3) is 0.594. The molecule has 0 bridgehead atoms. The number of methoxy groups -OCH3 is 1. The van der Waals surface area contributed by atoms with Crippen LogP contribution in [0.1, 0.15) is 64.7 Å². The number of hydrogen-bond donors (Lipinski definition) is 0. The number of ether oxygens (including phenoxy) is 2. The Morgan fingerprint density at radius 1 is 1.02 bits per heavy atom. The first kappa shape index (κ1) is 32.6. The molecule has 0 N–H and O–H groups in total. The van der Waals surface area contributed by atoms with Crippen molar-refractivity contribution in [2.24, 2.45) is 5.92 Å². The predicted molar refractivity (Wildman–Crippen MR) is 170 cm³/mol. The molecule has 1 fully saturated rings. The zero-order chi connectivity index (χ0) is 30.1. The molecule has 2 aromatic carbocycles. The molecule has 0 unspecified atom stereocenters. The lowest BCUT2D eigenvalue weighted by molar-refractivity contribution is -0.144. The molecule has 1 saturated heterocycles. The molecule has 42 heavy (non-hydrogen) atoms. The van der Waals surface area contributed by atoms with Gasteiger partial charge in [-0.25, -0.2) is 12.7 Å². The SMILES string of the molecule is CCCCCCC(=O)OCCC1CCN(CCCN2c3cc(OC)ccc3Sc3c2cccc3S(=O)(=O)N(C)C)CC1. The number of nitrogens with zero attached hydrogens (tertiary/aromatic N) is 3. The monoisotopic (exact) mass is 617 g/mol. The second kappa shape index (κ2) is 15.5. The maximum Gasteiger partial charge on any atom is 0.305 e. The largest absolute Gasteiger partial charge is 0.497 e. The van der Waals surface area contributed by atoms with Crippen LogP contribution in [0.15, 0.2) is 51.1 Å². The predicted octanol–water partition coefficient (Wildman–Crippen LogP) is 6.55. The number of benzene rings is 2. The third-order valence-corrected chi connectivity index (χ3v) is 11.4. The molecular formula is C32H47N3O5S2. The number of rotatable bonds is 15. The summed E-state index contributed by atoms with van der Waals surface area (Å²) in [6, 6.07) is 11.5. The number of fused-ring (bicyclic) bond motifs is 2. The van der Waals surface area contributed by atoms with Gasteiger partial charge in [0.25, 0.3) is 0 Å². The average molecular weight is 618 g/mol. The van der Waals surface area contributed by atoms with Crippen molar-refractivity contribution in [3.05, 3.63) is 36.4 Å². The van der Waals surface area contributed by atoms with Crippen molar-refractivity contribution >= 4 is 39.1 Å². The lowest BCUT2D eigenvalue weighted by Gasteiger charge is -2.36. The van der Waals surface area contributed by atoms with E-state index in [0.717, 1.165) is 91.6 Å². The van der Waals surface area contributed by atoms with E-state index in [1.54, 1.807) is 27.3 Å². The third kappa shape index (κ3) is 8.21. The van der Waals surface area contributed by atoms with Gasteiger partial charge in [0.2, 0.25) is 10.0 Å². The van der Waals surface area contributed by atoms with Gasteiger partial charge in [-0.05, 0) is 81.9 Å². The number of carbonyl (C=O) groups excluding carboxylic acids is 1. The highest BCUT2D eigenvalue weighted by atomic mass is 32.2. The number of piperidine rings is 1. The van der Waals surface area contributed by atoms with E-state index in [2.05, 4.69) is 16.7 Å². The van der Waals surface area contributed by atoms with Crippen LogP contribution in [-0.2, 0) is 19.6 Å². The van der Waals surface area contributed by atoms with E-state index in [-0.39, 0.29) is 5.97 Å². The molecule has 0 atom stereocenters. The highest BCUT2D eigenvalue weighted by Crippen LogP contribution is 2.51. The van der Waals surface area contributed by atoms with Crippen molar-refractivity contribution in [1.82, 2.24) is 9.21 Å². The summed E-state index contributed by atoms with van der Waals surface area (Å²) in [4.78, 5) is 18.9. The molecule has 0 amide bonds. The maximum absolute atomic E-state index is 13.2. The standard InChI is InChI=1S/C32H47N3O5S2/c1-5-6-7-8-13-31(36)40-23-18-25-16-21-34(22-17-25)19-10-20-35-27-11-9-12-30(42(37,38)33(2)3)32(27)41-29-15-14-26(39-4)24-28(29)35/h9,11-12,14-15,24-25H,5-8,10,13,16-23H2,1-4H3. The Balaban J connectivity index is 1.32. The molecule has 8 nitrogen and oxygen atoms in total. The summed E-state index contributed by atoms with van der Waals surface area (Å²) >= 11 is 1.51. The Morgan fingerprint density at radius 3 is 2.52 bits per heavy atom. The second-order valence-electron chi connectivity index (χ2n) is 11.4. The second-order valence-corrected chi connectivity index (χ2v) is 14.6. The fourth-order valence-electron chi connectivity index (χ4n) is 5.68. The zero-order valence-corrected chi connectivity index (χ0v) is 27.3. The molecule has 232 valence electrons. The molecule has 0 saturated carbocycles. The summed E-state index contributed by atoms with van der Waals surface area (Å²) < 4.78 is 38.6. The van der Waals surface area contributed by atoms with Crippen LogP contribution in [0.25, 0.3) is 0 Å². The Bertz CT molecular complexity index is 1290. The minimum atomic E-state index is -3.59. The molecule has 10 heteroatoms. The van der Waals surface area contributed by atoms with Gasteiger partial charge in [0.1, 0.15) is 5.75 Å². The van der Waals surface area contributed by atoms with Gasteiger partial charge in [-0.15, -0.1) is 0 Å². The lowest BCUT2D eigenvalue weighted by atomic mass is 9.94. The Hall–Kier alpha value is -2.27. The van der Waals surface area contributed by atoms with Crippen LogP contribution in [0.5, 0.6) is 5.75 Å². The molecule has 0 aromatic heterocycles. The van der Waals surface area contributed by atoms with E-state index in [0.29, 0.717) is 23.8 Å². The van der Waals surface area contributed by atoms with E-state index in [9.17, 15) is 13.2 Å².